The number of carbonyl (C=O) groups is 9. The lowest BCUT2D eigenvalue weighted by molar-refractivity contribution is -0.137. The lowest BCUT2D eigenvalue weighted by atomic mass is 9.90. The van der Waals surface area contributed by atoms with Crippen LogP contribution in [-0.2, 0) is 64.0 Å². The van der Waals surface area contributed by atoms with Crippen molar-refractivity contribution in [2.24, 2.45) is 23.1 Å². The van der Waals surface area contributed by atoms with Crippen molar-refractivity contribution >= 4 is 97.8 Å². The molecule has 0 aromatic heterocycles. The maximum Gasteiger partial charge on any atom is 0.248 e. The Morgan fingerprint density at radius 3 is 1.84 bits per heavy atom. The minimum absolute atomic E-state index is 0.0139. The van der Waals surface area contributed by atoms with Crippen LogP contribution in [0.3, 0.4) is 0 Å². The van der Waals surface area contributed by atoms with Gasteiger partial charge in [-0.1, -0.05) is 93.3 Å². The molecule has 25 heteroatoms. The number of rotatable bonds is 20. The standard InChI is InChI=1S/C55H68Cl2N10O11S2/c1-30(68)47-55(78)66-45(54(77)63-42(49(60)72)25-34-12-20-39(69)21-13-34)29-80-79-28-44(65-51(74)40(58)24-32-10-18-38(57)19-11-32)46(70)27-36(23-31-8-16-37(56)17-9-31)50(73)64-43(26-33-6-14-35(15-7-33)48(59)71)53(76)62-41(52(75)67-47)5-3-4-22-61-2/h6-21,30,36,40-45,47,61,68-69H,3-5,22-29,58H2,1-2H3,(H2,59,71)(H2,60,72)(H,62,76)(H,63,77)(H,64,73)(H,65,74)(H,66,78)(H,67,75)/t30-,36-,40+,41+,42-,43-,44-,45+,47+/m1/s1. The van der Waals surface area contributed by atoms with E-state index in [1.54, 1.807) is 55.6 Å². The van der Waals surface area contributed by atoms with Crippen molar-refractivity contribution in [1.82, 2.24) is 37.2 Å². The van der Waals surface area contributed by atoms with E-state index in [0.29, 0.717) is 51.7 Å². The van der Waals surface area contributed by atoms with Crippen molar-refractivity contribution in [3.05, 3.63) is 135 Å². The quantitative estimate of drug-likeness (QED) is 0.0441. The Balaban J connectivity index is 1.58. The first-order chi connectivity index (χ1) is 38.1. The third-order valence-corrected chi connectivity index (χ3v) is 15.9. The van der Waals surface area contributed by atoms with Gasteiger partial charge in [-0.25, -0.2) is 0 Å². The van der Waals surface area contributed by atoms with Gasteiger partial charge in [-0.3, -0.25) is 43.2 Å². The molecule has 5 rings (SSSR count). The highest BCUT2D eigenvalue weighted by Crippen LogP contribution is 2.26. The highest BCUT2D eigenvalue weighted by atomic mass is 35.5. The van der Waals surface area contributed by atoms with E-state index in [1.165, 1.54) is 55.5 Å². The summed E-state index contributed by atoms with van der Waals surface area (Å²) in [5, 5.41) is 40.8. The molecule has 1 aliphatic rings. The molecule has 1 heterocycles. The Morgan fingerprint density at radius 1 is 0.688 bits per heavy atom. The Morgan fingerprint density at radius 2 is 1.24 bits per heavy atom. The van der Waals surface area contributed by atoms with Crippen LogP contribution >= 0.6 is 44.8 Å². The van der Waals surface area contributed by atoms with E-state index in [2.05, 4.69) is 37.2 Å². The van der Waals surface area contributed by atoms with Crippen molar-refractivity contribution in [2.75, 3.05) is 25.1 Å². The van der Waals surface area contributed by atoms with Crippen LogP contribution in [0.25, 0.3) is 0 Å². The van der Waals surface area contributed by atoms with Crippen molar-refractivity contribution < 1.29 is 53.4 Å². The average molecular weight is 1180 g/mol. The number of ketones is 1. The first-order valence-corrected chi connectivity index (χ1v) is 29.0. The second-order valence-corrected chi connectivity index (χ2v) is 22.8. The van der Waals surface area contributed by atoms with Crippen LogP contribution in [0, 0.1) is 5.92 Å². The fraction of sp³-hybridized carbons (Fsp3) is 0.400. The molecule has 0 saturated carbocycles. The fourth-order valence-corrected chi connectivity index (χ4v) is 11.1. The zero-order valence-electron chi connectivity index (χ0n) is 44.1. The summed E-state index contributed by atoms with van der Waals surface area (Å²) in [7, 11) is 3.74. The molecule has 1 fully saturated rings. The molecule has 0 aliphatic carbocycles. The van der Waals surface area contributed by atoms with Crippen LogP contribution in [0.2, 0.25) is 10.0 Å². The second kappa shape index (κ2) is 31.9. The number of halogens is 2. The van der Waals surface area contributed by atoms with Crippen molar-refractivity contribution in [1.29, 1.82) is 0 Å². The number of aromatic hydroxyl groups is 1. The highest BCUT2D eigenvalue weighted by Gasteiger charge is 2.37. The molecular weight excluding hydrogens is 1110 g/mol. The highest BCUT2D eigenvalue weighted by molar-refractivity contribution is 8.76. The van der Waals surface area contributed by atoms with Crippen molar-refractivity contribution in [3.63, 3.8) is 0 Å². The maximum atomic E-state index is 14.8. The van der Waals surface area contributed by atoms with Gasteiger partial charge in [-0.05, 0) is 123 Å². The van der Waals surface area contributed by atoms with Gasteiger partial charge in [0.1, 0.15) is 36.0 Å². The second-order valence-electron chi connectivity index (χ2n) is 19.4. The number of hydrogen-bond donors (Lipinski definition) is 12. The van der Waals surface area contributed by atoms with E-state index in [0.717, 1.165) is 21.6 Å². The number of hydrogen-bond acceptors (Lipinski definition) is 15. The van der Waals surface area contributed by atoms with Gasteiger partial charge in [0.05, 0.1) is 18.2 Å². The van der Waals surface area contributed by atoms with Crippen LogP contribution in [0.4, 0.5) is 0 Å². The van der Waals surface area contributed by atoms with E-state index >= 15 is 0 Å². The number of nitrogens with one attached hydrogen (secondary N) is 7. The van der Waals surface area contributed by atoms with Gasteiger partial charge >= 0.3 is 0 Å². The Kier molecular flexibility index (Phi) is 25.6. The zero-order valence-corrected chi connectivity index (χ0v) is 47.2. The number of benzene rings is 4. The van der Waals surface area contributed by atoms with Gasteiger partial charge in [-0.2, -0.15) is 0 Å². The predicted octanol–water partition coefficient (Wildman–Crippen LogP) is 1.53. The van der Waals surface area contributed by atoms with Gasteiger partial charge in [-0.15, -0.1) is 0 Å². The minimum Gasteiger partial charge on any atom is -0.508 e. The third kappa shape index (κ3) is 20.7. The molecule has 9 atom stereocenters. The summed E-state index contributed by atoms with van der Waals surface area (Å²) >= 11 is 12.3. The number of aliphatic hydroxyl groups is 1. The van der Waals surface area contributed by atoms with Gasteiger partial charge in [0.25, 0.3) is 0 Å². The van der Waals surface area contributed by atoms with Gasteiger partial charge in [0.2, 0.25) is 47.3 Å². The normalized spacial score (nSPS) is 21.1. The lowest BCUT2D eigenvalue weighted by Gasteiger charge is -2.29. The lowest BCUT2D eigenvalue weighted by Crippen LogP contribution is -2.62. The predicted molar refractivity (Wildman–Crippen MR) is 307 cm³/mol. The fourth-order valence-electron chi connectivity index (χ4n) is 8.44. The molecule has 430 valence electrons. The maximum absolute atomic E-state index is 14.8. The monoisotopic (exact) mass is 1180 g/mol. The summed E-state index contributed by atoms with van der Waals surface area (Å²) < 4.78 is 0. The Bertz CT molecular complexity index is 2780. The number of phenolic OH excluding ortho intramolecular Hbond substituents is 1. The van der Waals surface area contributed by atoms with Gasteiger partial charge < -0.3 is 64.6 Å². The van der Waals surface area contributed by atoms with E-state index in [1.807, 2.05) is 0 Å². The van der Waals surface area contributed by atoms with Crippen molar-refractivity contribution in [3.8, 4) is 5.75 Å². The van der Waals surface area contributed by atoms with E-state index in [4.69, 9.17) is 40.4 Å². The molecule has 0 unspecified atom stereocenters. The average Bonchev–Trinajstić information content (AvgIpc) is 3.42. The first-order valence-electron chi connectivity index (χ1n) is 25.7. The minimum atomic E-state index is -1.73. The number of aliphatic hydroxyl groups excluding tert-OH is 1. The molecule has 0 radical (unpaired) electrons. The van der Waals surface area contributed by atoms with Crippen LogP contribution in [0.5, 0.6) is 5.75 Å². The molecule has 1 saturated heterocycles. The molecule has 21 nitrogen and oxygen atoms in total. The molecular formula is C55H68Cl2N10O11S2. The first kappa shape index (κ1) is 64.1. The summed E-state index contributed by atoms with van der Waals surface area (Å²) in [6.07, 6.45) is -1.46. The topological polar surface area (TPSA) is 356 Å². The summed E-state index contributed by atoms with van der Waals surface area (Å²) in [6.45, 7) is 1.77. The van der Waals surface area contributed by atoms with E-state index in [-0.39, 0.29) is 54.9 Å². The van der Waals surface area contributed by atoms with E-state index < -0.39 is 114 Å². The molecule has 0 spiro atoms. The molecule has 4 aromatic rings. The SMILES string of the molecule is CNCCCC[C@@H]1NC(=O)[C@@H](Cc2ccc(C(N)=O)cc2)NC(=O)[C@H](Cc2ccc(Cl)cc2)CC(=O)[C@H](NC(=O)[C@@H](N)Cc2ccc(Cl)cc2)CSSC[C@@H](C(=O)N[C@H](Cc2ccc(O)cc2)C(N)=O)NC(=O)[C@H]([C@@H](C)O)NC1=O. The number of unbranched alkanes of at least 4 members (excludes halogenated alkanes) is 1. The zero-order chi connectivity index (χ0) is 58.5. The molecule has 8 amide bonds. The van der Waals surface area contributed by atoms with Gasteiger partial charge in [0.15, 0.2) is 5.78 Å². The third-order valence-electron chi connectivity index (χ3n) is 13.0. The summed E-state index contributed by atoms with van der Waals surface area (Å²) in [5.74, 6) is -9.08. The number of nitrogens with two attached hydrogens (primary N) is 3. The van der Waals surface area contributed by atoms with Crippen molar-refractivity contribution in [2.45, 2.75) is 107 Å². The van der Waals surface area contributed by atoms with Gasteiger partial charge in [0, 0.05) is 52.3 Å². The molecule has 1 aliphatic heterocycles. The van der Waals surface area contributed by atoms with Crippen LogP contribution in [0.1, 0.15) is 65.2 Å². The van der Waals surface area contributed by atoms with E-state index in [9.17, 15) is 53.4 Å². The van der Waals surface area contributed by atoms with Crippen LogP contribution in [0.15, 0.2) is 97.1 Å². The number of amides is 8. The smallest absolute Gasteiger partial charge is 0.248 e. The van der Waals surface area contributed by atoms with Crippen LogP contribution < -0.4 is 54.4 Å². The van der Waals surface area contributed by atoms with Crippen LogP contribution in [-0.4, -0.2) is 137 Å². The summed E-state index contributed by atoms with van der Waals surface area (Å²) in [6, 6.07) is 15.1. The Labute approximate surface area is 481 Å². The number of phenols is 1. The molecule has 4 aromatic carbocycles. The molecule has 0 bridgehead atoms. The summed E-state index contributed by atoms with van der Waals surface area (Å²) in [5.41, 5.74) is 20.1. The number of Topliss-reactive ketones (excluding diaryl/α,β-unsaturated/α-hetero) is 1. The Hall–Kier alpha value is -6.73. The summed E-state index contributed by atoms with van der Waals surface area (Å²) in [4.78, 5) is 126. The number of primary amides is 2. The largest absolute Gasteiger partial charge is 0.508 e. The number of carbonyl (C=O) groups excluding carboxylic acids is 9. The molecule has 15 N–H and O–H groups in total. The molecule has 80 heavy (non-hydrogen) atoms.